The highest BCUT2D eigenvalue weighted by Gasteiger charge is 2.27. The molecule has 1 amide bonds. The van der Waals surface area contributed by atoms with Gasteiger partial charge in [-0.1, -0.05) is 25.1 Å². The third-order valence-electron chi connectivity index (χ3n) is 3.47. The molecular formula is C14H19N3OS. The highest BCUT2D eigenvalue weighted by Crippen LogP contribution is 2.24. The number of aromatic nitrogens is 1. The summed E-state index contributed by atoms with van der Waals surface area (Å²) in [5.41, 5.74) is 7.22. The molecule has 1 aromatic heterocycles. The van der Waals surface area contributed by atoms with Crippen molar-refractivity contribution in [1.29, 1.82) is 0 Å². The van der Waals surface area contributed by atoms with Crippen LogP contribution in [0.2, 0.25) is 0 Å². The van der Waals surface area contributed by atoms with Gasteiger partial charge in [-0.2, -0.15) is 0 Å². The normalized spacial score (nSPS) is 15.4. The molecule has 0 bridgehead atoms. The van der Waals surface area contributed by atoms with Gasteiger partial charge >= 0.3 is 0 Å². The molecule has 0 unspecified atom stereocenters. The molecule has 1 aliphatic rings. The van der Waals surface area contributed by atoms with Gasteiger partial charge in [-0.3, -0.25) is 9.78 Å². The molecule has 1 fully saturated rings. The lowest BCUT2D eigenvalue weighted by Gasteiger charge is -2.28. The second-order valence-corrected chi connectivity index (χ2v) is 5.61. The second-order valence-electron chi connectivity index (χ2n) is 5.09. The standard InChI is InChI=1S/C14H19N3OS/c1-10-6-11(8-16-7-10)14(18)17(9-13(15)19)12-4-2-3-5-12/h6-8,12H,2-5,9H2,1H3,(H2,15,19). The number of thiocarbonyl (C=S) groups is 1. The van der Waals surface area contributed by atoms with Gasteiger partial charge in [0.15, 0.2) is 0 Å². The first kappa shape index (κ1) is 13.9. The van der Waals surface area contributed by atoms with Gasteiger partial charge in [-0.25, -0.2) is 0 Å². The first-order valence-electron chi connectivity index (χ1n) is 6.59. The van der Waals surface area contributed by atoms with Crippen molar-refractivity contribution >= 4 is 23.1 Å². The zero-order valence-corrected chi connectivity index (χ0v) is 11.9. The van der Waals surface area contributed by atoms with Crippen molar-refractivity contribution in [2.24, 2.45) is 5.73 Å². The first-order chi connectivity index (χ1) is 9.08. The van der Waals surface area contributed by atoms with Crippen molar-refractivity contribution in [2.75, 3.05) is 6.54 Å². The van der Waals surface area contributed by atoms with Crippen LogP contribution in [-0.4, -0.2) is 33.4 Å². The lowest BCUT2D eigenvalue weighted by molar-refractivity contribution is 0.0714. The van der Waals surface area contributed by atoms with Gasteiger partial charge in [-0.15, -0.1) is 0 Å². The monoisotopic (exact) mass is 277 g/mol. The summed E-state index contributed by atoms with van der Waals surface area (Å²) in [5.74, 6) is -0.0177. The van der Waals surface area contributed by atoms with E-state index in [2.05, 4.69) is 4.98 Å². The molecule has 1 saturated carbocycles. The van der Waals surface area contributed by atoms with Crippen LogP contribution in [0.25, 0.3) is 0 Å². The third-order valence-corrected chi connectivity index (χ3v) is 3.60. The molecular weight excluding hydrogens is 258 g/mol. The number of rotatable bonds is 4. The SMILES string of the molecule is Cc1cncc(C(=O)N(CC(N)=S)C2CCCC2)c1. The average Bonchev–Trinajstić information content (AvgIpc) is 2.88. The average molecular weight is 277 g/mol. The maximum atomic E-state index is 12.6. The van der Waals surface area contributed by atoms with Gasteiger partial charge in [-0.05, 0) is 31.4 Å². The molecule has 1 heterocycles. The van der Waals surface area contributed by atoms with Crippen LogP contribution in [0.4, 0.5) is 0 Å². The Morgan fingerprint density at radius 1 is 1.47 bits per heavy atom. The van der Waals surface area contributed by atoms with Gasteiger partial charge < -0.3 is 10.6 Å². The zero-order chi connectivity index (χ0) is 13.8. The van der Waals surface area contributed by atoms with Crippen molar-refractivity contribution in [2.45, 2.75) is 38.6 Å². The largest absolute Gasteiger partial charge is 0.392 e. The van der Waals surface area contributed by atoms with Gasteiger partial charge in [0, 0.05) is 18.4 Å². The van der Waals surface area contributed by atoms with Crippen LogP contribution < -0.4 is 5.73 Å². The number of hydrogen-bond acceptors (Lipinski definition) is 3. The van der Waals surface area contributed by atoms with Crippen LogP contribution in [0.15, 0.2) is 18.5 Å². The van der Waals surface area contributed by atoms with E-state index in [0.29, 0.717) is 17.1 Å². The van der Waals surface area contributed by atoms with E-state index >= 15 is 0 Å². The highest BCUT2D eigenvalue weighted by molar-refractivity contribution is 7.80. The summed E-state index contributed by atoms with van der Waals surface area (Å²) in [5, 5.41) is 0. The first-order valence-corrected chi connectivity index (χ1v) is 6.99. The van der Waals surface area contributed by atoms with Crippen molar-refractivity contribution in [1.82, 2.24) is 9.88 Å². The summed E-state index contributed by atoms with van der Waals surface area (Å²) in [4.78, 5) is 18.8. The number of amides is 1. The van der Waals surface area contributed by atoms with Crippen LogP contribution >= 0.6 is 12.2 Å². The summed E-state index contributed by atoms with van der Waals surface area (Å²) in [6, 6.07) is 2.12. The Balaban J connectivity index is 2.21. The van der Waals surface area contributed by atoms with Crippen LogP contribution in [0, 0.1) is 6.92 Å². The summed E-state index contributed by atoms with van der Waals surface area (Å²) >= 11 is 4.97. The van der Waals surface area contributed by atoms with E-state index in [1.807, 2.05) is 17.9 Å². The van der Waals surface area contributed by atoms with Crippen molar-refractivity contribution in [3.63, 3.8) is 0 Å². The van der Waals surface area contributed by atoms with E-state index < -0.39 is 0 Å². The number of hydrogen-bond donors (Lipinski definition) is 1. The Hall–Kier alpha value is -1.49. The number of nitrogens with zero attached hydrogens (tertiary/aromatic N) is 2. The number of pyridine rings is 1. The molecule has 2 rings (SSSR count). The van der Waals surface area contributed by atoms with Crippen LogP contribution in [-0.2, 0) is 0 Å². The van der Waals surface area contributed by atoms with Gasteiger partial charge in [0.05, 0.1) is 17.1 Å². The van der Waals surface area contributed by atoms with E-state index in [-0.39, 0.29) is 11.9 Å². The Labute approximate surface area is 119 Å². The molecule has 102 valence electrons. The quantitative estimate of drug-likeness (QED) is 0.856. The molecule has 2 N–H and O–H groups in total. The zero-order valence-electron chi connectivity index (χ0n) is 11.1. The van der Waals surface area contributed by atoms with Crippen LogP contribution in [0.3, 0.4) is 0 Å². The van der Waals surface area contributed by atoms with E-state index in [9.17, 15) is 4.79 Å². The second kappa shape index (κ2) is 6.10. The van der Waals surface area contributed by atoms with Crippen molar-refractivity contribution in [3.8, 4) is 0 Å². The highest BCUT2D eigenvalue weighted by atomic mass is 32.1. The molecule has 0 spiro atoms. The molecule has 1 aliphatic carbocycles. The van der Waals surface area contributed by atoms with Gasteiger partial charge in [0.1, 0.15) is 0 Å². The molecule has 4 nitrogen and oxygen atoms in total. The molecule has 19 heavy (non-hydrogen) atoms. The van der Waals surface area contributed by atoms with Crippen LogP contribution in [0.5, 0.6) is 0 Å². The summed E-state index contributed by atoms with van der Waals surface area (Å²) in [6.07, 6.45) is 7.75. The molecule has 0 atom stereocenters. The fraction of sp³-hybridized carbons (Fsp3) is 0.500. The van der Waals surface area contributed by atoms with Crippen LogP contribution in [0.1, 0.15) is 41.6 Å². The topological polar surface area (TPSA) is 59.2 Å². The predicted molar refractivity (Wildman–Crippen MR) is 79.1 cm³/mol. The Bertz CT molecular complexity index is 483. The Morgan fingerprint density at radius 2 is 2.16 bits per heavy atom. The van der Waals surface area contributed by atoms with Crippen molar-refractivity contribution < 1.29 is 4.79 Å². The number of carbonyl (C=O) groups excluding carboxylic acids is 1. The maximum absolute atomic E-state index is 12.6. The maximum Gasteiger partial charge on any atom is 0.256 e. The summed E-state index contributed by atoms with van der Waals surface area (Å²) in [7, 11) is 0. The summed E-state index contributed by atoms with van der Waals surface area (Å²) in [6.45, 7) is 2.28. The van der Waals surface area contributed by atoms with E-state index in [4.69, 9.17) is 18.0 Å². The minimum Gasteiger partial charge on any atom is -0.392 e. The number of nitrogens with two attached hydrogens (primary N) is 1. The summed E-state index contributed by atoms with van der Waals surface area (Å²) < 4.78 is 0. The molecule has 0 saturated heterocycles. The Kier molecular flexibility index (Phi) is 4.47. The van der Waals surface area contributed by atoms with Gasteiger partial charge in [0.2, 0.25) is 0 Å². The third kappa shape index (κ3) is 3.50. The molecule has 0 aliphatic heterocycles. The smallest absolute Gasteiger partial charge is 0.256 e. The Morgan fingerprint density at radius 3 is 2.74 bits per heavy atom. The molecule has 1 aromatic rings. The number of carbonyl (C=O) groups is 1. The fourth-order valence-electron chi connectivity index (χ4n) is 2.59. The molecule has 0 aromatic carbocycles. The van der Waals surface area contributed by atoms with E-state index in [1.54, 1.807) is 12.4 Å². The fourth-order valence-corrected chi connectivity index (χ4v) is 2.73. The van der Waals surface area contributed by atoms with E-state index in [1.165, 1.54) is 0 Å². The molecule has 5 heteroatoms. The van der Waals surface area contributed by atoms with E-state index in [0.717, 1.165) is 31.2 Å². The molecule has 0 radical (unpaired) electrons. The predicted octanol–water partition coefficient (Wildman–Crippen LogP) is 2.06. The lowest BCUT2D eigenvalue weighted by atomic mass is 10.1. The minimum atomic E-state index is -0.0177. The minimum absolute atomic E-state index is 0.0177. The van der Waals surface area contributed by atoms with Gasteiger partial charge in [0.25, 0.3) is 5.91 Å². The van der Waals surface area contributed by atoms with Crippen molar-refractivity contribution in [3.05, 3.63) is 29.6 Å². The number of aryl methyl sites for hydroxylation is 1. The lowest BCUT2D eigenvalue weighted by Crippen LogP contribution is -2.43.